The van der Waals surface area contributed by atoms with Crippen molar-refractivity contribution in [2.45, 2.75) is 0 Å². The second kappa shape index (κ2) is 10.4. The number of hydrogen-bond acceptors (Lipinski definition) is 0. The number of rotatable bonds is 5. The van der Waals surface area contributed by atoms with Gasteiger partial charge in [-0.05, 0) is 78.7 Å². The van der Waals surface area contributed by atoms with Crippen molar-refractivity contribution < 1.29 is 4.39 Å². The second-order valence-electron chi connectivity index (χ2n) is 10.4. The molecule has 0 radical (unpaired) electrons. The van der Waals surface area contributed by atoms with Crippen LogP contribution in [0, 0.1) is 5.82 Å². The van der Waals surface area contributed by atoms with E-state index < -0.39 is 6.89 Å². The van der Waals surface area contributed by atoms with Crippen molar-refractivity contribution in [3.05, 3.63) is 164 Å². The van der Waals surface area contributed by atoms with E-state index in [1.165, 1.54) is 54.4 Å². The Balaban J connectivity index is 1.56. The molecule has 0 nitrogen and oxygen atoms in total. The van der Waals surface area contributed by atoms with Crippen LogP contribution in [-0.4, -0.2) is 6.30 Å². The molecule has 0 spiro atoms. The van der Waals surface area contributed by atoms with Crippen LogP contribution in [0.25, 0.3) is 43.8 Å². The van der Waals surface area contributed by atoms with Gasteiger partial charge >= 0.3 is 0 Å². The van der Waals surface area contributed by atoms with Gasteiger partial charge in [-0.1, -0.05) is 152 Å². The van der Waals surface area contributed by atoms with E-state index >= 15 is 0 Å². The van der Waals surface area contributed by atoms with Gasteiger partial charge in [0.2, 0.25) is 0 Å². The van der Waals surface area contributed by atoms with Crippen molar-refractivity contribution in [2.75, 3.05) is 0 Å². The van der Waals surface area contributed by atoms with Gasteiger partial charge in [0.05, 0.1) is 0 Å². The highest BCUT2D eigenvalue weighted by Gasteiger charge is 2.27. The number of benzene rings is 7. The first-order valence-corrected chi connectivity index (χ1v) is 15.8. The van der Waals surface area contributed by atoms with Crippen molar-refractivity contribution in [1.29, 1.82) is 0 Å². The van der Waals surface area contributed by atoms with E-state index in [-0.39, 0.29) is 5.82 Å². The van der Waals surface area contributed by atoms with E-state index in [1.807, 2.05) is 24.3 Å². The highest BCUT2D eigenvalue weighted by atomic mass is 31.2. The Bertz CT molecular complexity index is 1930. The van der Waals surface area contributed by atoms with Crippen LogP contribution in [0.5, 0.6) is 0 Å². The molecular weight excluding hydrogens is 518 g/mol. The molecule has 0 aliphatic rings. The quantitative estimate of drug-likeness (QED) is 0.189. The molecule has 7 aromatic rings. The summed E-state index contributed by atoms with van der Waals surface area (Å²) >= 11 is 0. The Labute approximate surface area is 240 Å². The maximum atomic E-state index is 14.3. The molecule has 0 saturated heterocycles. The molecule has 0 aliphatic carbocycles. The zero-order valence-corrected chi connectivity index (χ0v) is 23.4. The molecule has 0 atom stereocenters. The fourth-order valence-electron chi connectivity index (χ4n) is 6.07. The van der Waals surface area contributed by atoms with E-state index in [1.54, 1.807) is 12.1 Å². The molecule has 196 valence electrons. The Morgan fingerprint density at radius 2 is 0.780 bits per heavy atom. The van der Waals surface area contributed by atoms with Gasteiger partial charge in [0.15, 0.2) is 0 Å². The first-order valence-electron chi connectivity index (χ1n) is 13.8. The van der Waals surface area contributed by atoms with Crippen molar-refractivity contribution >= 4 is 50.6 Å². The summed E-state index contributed by atoms with van der Waals surface area (Å²) in [4.78, 5) is 0. The van der Waals surface area contributed by atoms with Gasteiger partial charge in [0.1, 0.15) is 5.82 Å². The van der Waals surface area contributed by atoms with E-state index in [9.17, 15) is 4.39 Å². The monoisotopic (exact) mass is 546 g/mol. The number of fused-ring (bicyclic) bond motifs is 2. The van der Waals surface area contributed by atoms with Crippen molar-refractivity contribution in [1.82, 2.24) is 0 Å². The highest BCUT2D eigenvalue weighted by Crippen LogP contribution is 2.47. The molecule has 0 unspecified atom stereocenters. The molecule has 0 N–H and O–H groups in total. The molecule has 0 aromatic heterocycles. The minimum Gasteiger partial charge on any atom is -0.207 e. The van der Waals surface area contributed by atoms with Crippen LogP contribution in [0.4, 0.5) is 4.39 Å². The molecule has 0 aliphatic heterocycles. The van der Waals surface area contributed by atoms with Crippen LogP contribution >= 0.6 is 6.89 Å². The molecule has 0 fully saturated rings. The summed E-state index contributed by atoms with van der Waals surface area (Å²) in [5.41, 5.74) is 4.75. The fourth-order valence-corrected chi connectivity index (χ4v) is 9.42. The van der Waals surface area contributed by atoms with Gasteiger partial charge < -0.3 is 0 Å². The third-order valence-electron chi connectivity index (χ3n) is 8.06. The van der Waals surface area contributed by atoms with Gasteiger partial charge in [-0.3, -0.25) is 0 Å². The summed E-state index contributed by atoms with van der Waals surface area (Å²) < 4.78 is 14.3. The molecular formula is C39H28FP. The normalized spacial score (nSPS) is 11.6. The smallest absolute Gasteiger partial charge is 0.123 e. The predicted molar refractivity (Wildman–Crippen MR) is 178 cm³/mol. The third-order valence-corrected chi connectivity index (χ3v) is 11.7. The van der Waals surface area contributed by atoms with Crippen molar-refractivity contribution in [3.63, 3.8) is 0 Å². The molecule has 0 saturated carbocycles. The van der Waals surface area contributed by atoms with E-state index in [4.69, 9.17) is 6.30 Å². The predicted octanol–water partition coefficient (Wildman–Crippen LogP) is 9.19. The van der Waals surface area contributed by atoms with Crippen molar-refractivity contribution in [3.8, 4) is 22.3 Å². The minimum absolute atomic E-state index is 0.242. The Hall–Kier alpha value is -4.71. The third kappa shape index (κ3) is 4.31. The summed E-state index contributed by atoms with van der Waals surface area (Å²) in [6, 6.07) is 54.2. The van der Waals surface area contributed by atoms with Crippen LogP contribution in [0.3, 0.4) is 0 Å². The zero-order valence-electron chi connectivity index (χ0n) is 22.5. The van der Waals surface area contributed by atoms with Gasteiger partial charge in [-0.2, -0.15) is 0 Å². The summed E-state index contributed by atoms with van der Waals surface area (Å²) in [5.74, 6) is -0.242. The largest absolute Gasteiger partial charge is 0.207 e. The lowest BCUT2D eigenvalue weighted by Gasteiger charge is -2.30. The van der Waals surface area contributed by atoms with Crippen LogP contribution in [-0.2, 0) is 0 Å². The molecule has 2 heteroatoms. The van der Waals surface area contributed by atoms with Gasteiger partial charge in [0.25, 0.3) is 0 Å². The maximum Gasteiger partial charge on any atom is 0.123 e. The highest BCUT2D eigenvalue weighted by molar-refractivity contribution is 7.94. The van der Waals surface area contributed by atoms with Crippen LogP contribution in [0.15, 0.2) is 158 Å². The van der Waals surface area contributed by atoms with Crippen LogP contribution in [0.2, 0.25) is 0 Å². The van der Waals surface area contributed by atoms with Gasteiger partial charge in [-0.15, -0.1) is 0 Å². The summed E-state index contributed by atoms with van der Waals surface area (Å²) in [6.07, 6.45) is 5.10. The Morgan fingerprint density at radius 1 is 0.390 bits per heavy atom. The van der Waals surface area contributed by atoms with E-state index in [0.29, 0.717) is 0 Å². The average Bonchev–Trinajstić information content (AvgIpc) is 3.04. The standard InChI is InChI=1S/C39H28FP/c1-41(31-22-20-30(40)21-23-31,38-26-24-32(28-12-4-2-5-13-28)34-16-8-10-18-36(34)38)39-27-25-33(29-14-6-3-7-15-29)35-17-9-11-19-37(35)39/h2-27H,1H2. The molecule has 41 heavy (non-hydrogen) atoms. The lowest BCUT2D eigenvalue weighted by atomic mass is 9.98. The number of halogens is 1. The SMILES string of the molecule is C=P(c1ccc(F)cc1)(c1ccc(-c2ccccc2)c2ccccc12)c1ccc(-c2ccccc2)c2ccccc12. The van der Waals surface area contributed by atoms with E-state index in [2.05, 4.69) is 121 Å². The molecule has 0 heterocycles. The molecule has 7 rings (SSSR count). The topological polar surface area (TPSA) is 0 Å². The number of hydrogen-bond donors (Lipinski definition) is 0. The fraction of sp³-hybridized carbons (Fsp3) is 0. The second-order valence-corrected chi connectivity index (χ2v) is 13.5. The van der Waals surface area contributed by atoms with E-state index in [0.717, 1.165) is 5.30 Å². The van der Waals surface area contributed by atoms with Crippen LogP contribution in [0.1, 0.15) is 0 Å². The summed E-state index contributed by atoms with van der Waals surface area (Å²) in [7, 11) is 0. The Kier molecular flexibility index (Phi) is 6.38. The minimum atomic E-state index is -2.48. The maximum absolute atomic E-state index is 14.3. The molecule has 0 amide bonds. The molecule has 0 bridgehead atoms. The lowest BCUT2D eigenvalue weighted by molar-refractivity contribution is 0.628. The summed E-state index contributed by atoms with van der Waals surface area (Å²) in [6.45, 7) is -2.48. The molecule has 7 aromatic carbocycles. The first-order chi connectivity index (χ1) is 20.1. The van der Waals surface area contributed by atoms with Gasteiger partial charge in [0, 0.05) is 0 Å². The Morgan fingerprint density at radius 3 is 1.22 bits per heavy atom. The summed E-state index contributed by atoms with van der Waals surface area (Å²) in [5, 5.41) is 8.17. The zero-order chi connectivity index (χ0) is 27.8. The van der Waals surface area contributed by atoms with Crippen molar-refractivity contribution in [2.24, 2.45) is 0 Å². The average molecular weight is 547 g/mol. The van der Waals surface area contributed by atoms with Gasteiger partial charge in [-0.25, -0.2) is 4.39 Å². The lowest BCUT2D eigenvalue weighted by Crippen LogP contribution is -2.27. The van der Waals surface area contributed by atoms with Crippen LogP contribution < -0.4 is 15.9 Å². The first kappa shape index (κ1) is 25.3.